The van der Waals surface area contributed by atoms with Crippen molar-refractivity contribution in [3.05, 3.63) is 58.4 Å². The lowest BCUT2D eigenvalue weighted by Crippen LogP contribution is -2.15. The molecule has 0 spiro atoms. The van der Waals surface area contributed by atoms with Crippen LogP contribution in [0.25, 0.3) is 6.08 Å². The molecule has 0 aromatic heterocycles. The minimum atomic E-state index is -0.404. The number of benzene rings is 2. The number of fused-ring (bicyclic) bond motifs is 1. The SMILES string of the molecule is Cc1ccc(F)cc1NC(=O)/C=C/c1cc(Cl)c2c(c1)OCCO2. The van der Waals surface area contributed by atoms with E-state index in [9.17, 15) is 9.18 Å². The van der Waals surface area contributed by atoms with Crippen molar-refractivity contribution in [2.75, 3.05) is 18.5 Å². The van der Waals surface area contributed by atoms with Crippen molar-refractivity contribution in [3.8, 4) is 11.5 Å². The Bertz CT molecular complexity index is 820. The highest BCUT2D eigenvalue weighted by molar-refractivity contribution is 6.32. The summed E-state index contributed by atoms with van der Waals surface area (Å²) in [5.41, 5.74) is 1.92. The Hall–Kier alpha value is -2.53. The average Bonchev–Trinajstić information content (AvgIpc) is 2.56. The van der Waals surface area contributed by atoms with E-state index in [0.717, 1.165) is 5.56 Å². The molecule has 2 aromatic carbocycles. The molecule has 0 bridgehead atoms. The Labute approximate surface area is 143 Å². The van der Waals surface area contributed by atoms with Gasteiger partial charge >= 0.3 is 0 Å². The molecule has 124 valence electrons. The molecule has 0 saturated carbocycles. The van der Waals surface area contributed by atoms with Gasteiger partial charge in [0.1, 0.15) is 19.0 Å². The van der Waals surface area contributed by atoms with Gasteiger partial charge in [-0.3, -0.25) is 4.79 Å². The molecule has 1 amide bonds. The summed E-state index contributed by atoms with van der Waals surface area (Å²) in [6.45, 7) is 2.70. The maximum absolute atomic E-state index is 13.2. The number of hydrogen-bond acceptors (Lipinski definition) is 3. The zero-order valence-corrected chi connectivity index (χ0v) is 13.7. The van der Waals surface area contributed by atoms with Gasteiger partial charge in [0.25, 0.3) is 0 Å². The molecule has 0 saturated heterocycles. The first-order valence-electron chi connectivity index (χ1n) is 7.37. The first kappa shape index (κ1) is 16.3. The van der Waals surface area contributed by atoms with Crippen LogP contribution in [-0.2, 0) is 4.79 Å². The third kappa shape index (κ3) is 3.68. The van der Waals surface area contributed by atoms with Crippen molar-refractivity contribution in [2.45, 2.75) is 6.92 Å². The van der Waals surface area contributed by atoms with E-state index in [1.165, 1.54) is 18.2 Å². The van der Waals surface area contributed by atoms with Gasteiger partial charge in [-0.2, -0.15) is 0 Å². The normalized spacial score (nSPS) is 13.1. The first-order valence-corrected chi connectivity index (χ1v) is 7.75. The maximum atomic E-state index is 13.2. The molecule has 1 N–H and O–H groups in total. The molecule has 1 aliphatic rings. The van der Waals surface area contributed by atoms with Crippen molar-refractivity contribution in [3.63, 3.8) is 0 Å². The summed E-state index contributed by atoms with van der Waals surface area (Å²) >= 11 is 6.15. The van der Waals surface area contributed by atoms with Crippen molar-refractivity contribution < 1.29 is 18.7 Å². The van der Waals surface area contributed by atoms with Crippen molar-refractivity contribution in [1.82, 2.24) is 0 Å². The number of nitrogens with one attached hydrogen (secondary N) is 1. The number of rotatable bonds is 3. The summed E-state index contributed by atoms with van der Waals surface area (Å²) < 4.78 is 24.2. The molecule has 2 aromatic rings. The van der Waals surface area contributed by atoms with Crippen LogP contribution in [0.15, 0.2) is 36.4 Å². The van der Waals surface area contributed by atoms with Crippen LogP contribution in [-0.4, -0.2) is 19.1 Å². The highest BCUT2D eigenvalue weighted by atomic mass is 35.5. The van der Waals surface area contributed by atoms with Gasteiger partial charge in [0, 0.05) is 11.8 Å². The predicted octanol–water partition coefficient (Wildman–Crippen LogP) is 4.21. The number of aryl methyl sites for hydroxylation is 1. The van der Waals surface area contributed by atoms with E-state index >= 15 is 0 Å². The van der Waals surface area contributed by atoms with Crippen LogP contribution in [0.1, 0.15) is 11.1 Å². The minimum Gasteiger partial charge on any atom is -0.486 e. The average molecular weight is 348 g/mol. The summed E-state index contributed by atoms with van der Waals surface area (Å²) in [5.74, 6) is 0.294. The number of hydrogen-bond donors (Lipinski definition) is 1. The van der Waals surface area contributed by atoms with Crippen molar-refractivity contribution >= 4 is 29.3 Å². The third-order valence-corrected chi connectivity index (χ3v) is 3.78. The molecule has 4 nitrogen and oxygen atoms in total. The number of amides is 1. The molecule has 0 fully saturated rings. The van der Waals surface area contributed by atoms with Gasteiger partial charge < -0.3 is 14.8 Å². The Morgan fingerprint density at radius 3 is 2.88 bits per heavy atom. The summed E-state index contributed by atoms with van der Waals surface area (Å²) in [6.07, 6.45) is 2.96. The molecule has 0 aliphatic carbocycles. The van der Waals surface area contributed by atoms with Gasteiger partial charge in [0.15, 0.2) is 11.5 Å². The van der Waals surface area contributed by atoms with Crippen molar-refractivity contribution in [2.24, 2.45) is 0 Å². The summed E-state index contributed by atoms with van der Waals surface area (Å²) in [4.78, 5) is 12.0. The topological polar surface area (TPSA) is 47.6 Å². The van der Waals surface area contributed by atoms with E-state index in [2.05, 4.69) is 5.32 Å². The second kappa shape index (κ2) is 6.93. The smallest absolute Gasteiger partial charge is 0.248 e. The van der Waals surface area contributed by atoms with Gasteiger partial charge in [0.2, 0.25) is 5.91 Å². The molecule has 0 radical (unpaired) electrons. The predicted molar refractivity (Wildman–Crippen MR) is 91.2 cm³/mol. The molecular weight excluding hydrogens is 333 g/mol. The molecule has 1 aliphatic heterocycles. The van der Waals surface area contributed by atoms with E-state index in [1.807, 2.05) is 0 Å². The van der Waals surface area contributed by atoms with Gasteiger partial charge in [-0.05, 0) is 48.4 Å². The zero-order valence-electron chi connectivity index (χ0n) is 12.9. The first-order chi connectivity index (χ1) is 11.5. The van der Waals surface area contributed by atoms with Crippen LogP contribution >= 0.6 is 11.6 Å². The van der Waals surface area contributed by atoms with Crippen LogP contribution in [0.5, 0.6) is 11.5 Å². The summed E-state index contributed by atoms with van der Waals surface area (Å²) in [6, 6.07) is 7.67. The van der Waals surface area contributed by atoms with Gasteiger partial charge in [0.05, 0.1) is 5.02 Å². The number of carbonyl (C=O) groups excluding carboxylic acids is 1. The second-order valence-electron chi connectivity index (χ2n) is 5.31. The number of halogens is 2. The van der Waals surface area contributed by atoms with Crippen LogP contribution in [0.2, 0.25) is 5.02 Å². The summed E-state index contributed by atoms with van der Waals surface area (Å²) in [7, 11) is 0. The standard InChI is InChI=1S/C18H15ClFNO3/c1-11-2-4-13(20)10-15(11)21-17(22)5-3-12-8-14(19)18-16(9-12)23-6-7-24-18/h2-5,8-10H,6-7H2,1H3,(H,21,22)/b5-3+. The highest BCUT2D eigenvalue weighted by Gasteiger charge is 2.16. The highest BCUT2D eigenvalue weighted by Crippen LogP contribution is 2.38. The fourth-order valence-electron chi connectivity index (χ4n) is 2.30. The van der Waals surface area contributed by atoms with E-state index in [-0.39, 0.29) is 5.91 Å². The summed E-state index contributed by atoms with van der Waals surface area (Å²) in [5, 5.41) is 3.07. The molecule has 0 atom stereocenters. The largest absolute Gasteiger partial charge is 0.486 e. The van der Waals surface area contributed by atoms with E-state index < -0.39 is 5.82 Å². The maximum Gasteiger partial charge on any atom is 0.248 e. The van der Waals surface area contributed by atoms with Gasteiger partial charge in [-0.15, -0.1) is 0 Å². The minimum absolute atomic E-state index is 0.366. The van der Waals surface area contributed by atoms with Crippen molar-refractivity contribution in [1.29, 1.82) is 0 Å². The fraction of sp³-hybridized carbons (Fsp3) is 0.167. The lowest BCUT2D eigenvalue weighted by atomic mass is 10.1. The monoisotopic (exact) mass is 347 g/mol. The van der Waals surface area contributed by atoms with Crippen LogP contribution in [0.4, 0.5) is 10.1 Å². The Morgan fingerprint density at radius 2 is 2.04 bits per heavy atom. The quantitative estimate of drug-likeness (QED) is 0.846. The van der Waals surface area contributed by atoms with E-state index in [4.69, 9.17) is 21.1 Å². The van der Waals surface area contributed by atoms with Crippen LogP contribution in [0, 0.1) is 12.7 Å². The molecule has 3 rings (SSSR count). The molecule has 1 heterocycles. The third-order valence-electron chi connectivity index (χ3n) is 3.50. The lowest BCUT2D eigenvalue weighted by molar-refractivity contribution is -0.111. The molecule has 0 unspecified atom stereocenters. The Morgan fingerprint density at radius 1 is 1.25 bits per heavy atom. The van der Waals surface area contributed by atoms with Crippen LogP contribution < -0.4 is 14.8 Å². The Balaban J connectivity index is 1.74. The van der Waals surface area contributed by atoms with E-state index in [0.29, 0.717) is 41.0 Å². The number of ether oxygens (including phenoxy) is 2. The van der Waals surface area contributed by atoms with Gasteiger partial charge in [-0.25, -0.2) is 4.39 Å². The number of anilines is 1. The Kier molecular flexibility index (Phi) is 4.71. The molecule has 24 heavy (non-hydrogen) atoms. The number of carbonyl (C=O) groups is 1. The lowest BCUT2D eigenvalue weighted by Gasteiger charge is -2.19. The van der Waals surface area contributed by atoms with Gasteiger partial charge in [-0.1, -0.05) is 17.7 Å². The zero-order chi connectivity index (χ0) is 17.1. The molecular formula is C18H15ClFNO3. The van der Waals surface area contributed by atoms with E-state index in [1.54, 1.807) is 31.2 Å². The second-order valence-corrected chi connectivity index (χ2v) is 5.72. The molecule has 6 heteroatoms. The fourth-order valence-corrected chi connectivity index (χ4v) is 2.58. The van der Waals surface area contributed by atoms with Crippen LogP contribution in [0.3, 0.4) is 0 Å².